The first-order chi connectivity index (χ1) is 4.57. The molecule has 0 N–H and O–H groups in total. The molecule has 0 amide bonds. The van der Waals surface area contributed by atoms with Crippen LogP contribution in [0, 0.1) is 11.8 Å². The number of rotatable bonds is 3. The average Bonchev–Trinajstić information content (AvgIpc) is 1.81. The Morgan fingerprint density at radius 2 is 1.80 bits per heavy atom. The van der Waals surface area contributed by atoms with Crippen molar-refractivity contribution >= 4 is 0 Å². The maximum Gasteiger partial charge on any atom is -0.00863 e. The van der Waals surface area contributed by atoms with Crippen LogP contribution in [-0.2, 0) is 0 Å². The summed E-state index contributed by atoms with van der Waals surface area (Å²) in [5.74, 6) is 2.12. The highest BCUT2D eigenvalue weighted by molar-refractivity contribution is 5.14. The predicted molar refractivity (Wildman–Crippen MR) is 47.8 cm³/mol. The normalized spacial score (nSPS) is 13.3. The highest BCUT2D eigenvalue weighted by Gasteiger charge is 2.00. The van der Waals surface area contributed by atoms with Gasteiger partial charge in [-0.25, -0.2) is 0 Å². The minimum Gasteiger partial charge on any atom is -0.0786 e. The molecule has 0 saturated carbocycles. The van der Waals surface area contributed by atoms with Gasteiger partial charge in [-0.1, -0.05) is 46.3 Å². The highest BCUT2D eigenvalue weighted by Crippen LogP contribution is 2.16. The molecule has 0 unspecified atom stereocenters. The Morgan fingerprint density at radius 1 is 1.30 bits per heavy atom. The van der Waals surface area contributed by atoms with Crippen LogP contribution in [0.3, 0.4) is 0 Å². The van der Waals surface area contributed by atoms with Crippen LogP contribution in [0.1, 0.15) is 41.0 Å². The van der Waals surface area contributed by atoms with Crippen molar-refractivity contribution in [1.29, 1.82) is 0 Å². The molecule has 0 bridgehead atoms. The van der Waals surface area contributed by atoms with E-state index in [9.17, 15) is 0 Å². The molecule has 1 radical (unpaired) electrons. The Balaban J connectivity index is 4.04. The van der Waals surface area contributed by atoms with Crippen LogP contribution >= 0.6 is 0 Å². The van der Waals surface area contributed by atoms with Gasteiger partial charge in [0.1, 0.15) is 0 Å². The van der Waals surface area contributed by atoms with Crippen molar-refractivity contribution in [3.05, 3.63) is 17.6 Å². The SMILES string of the molecule is CCC(=C[C](C)C)C(C)C. The molecule has 0 spiro atoms. The summed E-state index contributed by atoms with van der Waals surface area (Å²) >= 11 is 0. The second-order valence-electron chi connectivity index (χ2n) is 3.30. The maximum atomic E-state index is 2.30. The molecule has 0 rings (SSSR count). The van der Waals surface area contributed by atoms with Gasteiger partial charge >= 0.3 is 0 Å². The van der Waals surface area contributed by atoms with E-state index in [0.717, 1.165) is 0 Å². The fourth-order valence-corrected chi connectivity index (χ4v) is 1.05. The zero-order chi connectivity index (χ0) is 8.15. The molecule has 0 aliphatic rings. The van der Waals surface area contributed by atoms with Crippen molar-refractivity contribution in [3.8, 4) is 0 Å². The third-order valence-corrected chi connectivity index (χ3v) is 1.62. The zero-order valence-corrected chi connectivity index (χ0v) is 7.86. The summed E-state index contributed by atoms with van der Waals surface area (Å²) in [6, 6.07) is 0. The number of hydrogen-bond donors (Lipinski definition) is 0. The standard InChI is InChI=1S/C10H19/c1-6-10(9(4)5)7-8(2)3/h7,9H,6H2,1-5H3. The van der Waals surface area contributed by atoms with Crippen LogP contribution < -0.4 is 0 Å². The molecular weight excluding hydrogens is 120 g/mol. The molecule has 0 nitrogen and oxygen atoms in total. The van der Waals surface area contributed by atoms with E-state index < -0.39 is 0 Å². The Bertz CT molecular complexity index is 107. The van der Waals surface area contributed by atoms with Crippen molar-refractivity contribution < 1.29 is 0 Å². The first kappa shape index (κ1) is 9.74. The van der Waals surface area contributed by atoms with Gasteiger partial charge in [0.25, 0.3) is 0 Å². The molecule has 59 valence electrons. The molecule has 0 aliphatic carbocycles. The number of hydrogen-bond acceptors (Lipinski definition) is 0. The van der Waals surface area contributed by atoms with Crippen molar-refractivity contribution in [1.82, 2.24) is 0 Å². The second kappa shape index (κ2) is 4.54. The Kier molecular flexibility index (Phi) is 4.42. The van der Waals surface area contributed by atoms with Gasteiger partial charge in [-0.2, -0.15) is 0 Å². The van der Waals surface area contributed by atoms with Crippen molar-refractivity contribution in [2.75, 3.05) is 0 Å². The summed E-state index contributed by atoms with van der Waals surface area (Å²) in [5, 5.41) is 0. The van der Waals surface area contributed by atoms with E-state index in [2.05, 4.69) is 40.7 Å². The lowest BCUT2D eigenvalue weighted by molar-refractivity contribution is 0.727. The monoisotopic (exact) mass is 139 g/mol. The first-order valence-corrected chi connectivity index (χ1v) is 4.08. The lowest BCUT2D eigenvalue weighted by Crippen LogP contribution is -1.93. The third-order valence-electron chi connectivity index (χ3n) is 1.62. The van der Waals surface area contributed by atoms with Crippen molar-refractivity contribution in [3.63, 3.8) is 0 Å². The summed E-state index contributed by atoms with van der Waals surface area (Å²) in [4.78, 5) is 0. The minimum atomic E-state index is 0.708. The largest absolute Gasteiger partial charge is 0.0786 e. The molecular formula is C10H19. The van der Waals surface area contributed by atoms with E-state index in [-0.39, 0.29) is 0 Å². The van der Waals surface area contributed by atoms with Crippen LogP contribution in [0.2, 0.25) is 0 Å². The fourth-order valence-electron chi connectivity index (χ4n) is 1.05. The van der Waals surface area contributed by atoms with E-state index in [1.54, 1.807) is 5.57 Å². The van der Waals surface area contributed by atoms with E-state index in [1.807, 2.05) is 0 Å². The van der Waals surface area contributed by atoms with Crippen LogP contribution in [0.15, 0.2) is 11.6 Å². The summed E-state index contributed by atoms with van der Waals surface area (Å²) in [7, 11) is 0. The first-order valence-electron chi connectivity index (χ1n) is 4.08. The van der Waals surface area contributed by atoms with E-state index in [0.29, 0.717) is 5.92 Å². The van der Waals surface area contributed by atoms with Gasteiger partial charge in [-0.15, -0.1) is 0 Å². The van der Waals surface area contributed by atoms with E-state index in [4.69, 9.17) is 0 Å². The summed E-state index contributed by atoms with van der Waals surface area (Å²) in [5.41, 5.74) is 1.56. The van der Waals surface area contributed by atoms with E-state index in [1.165, 1.54) is 12.3 Å². The Hall–Kier alpha value is -0.260. The Labute approximate surface area is 65.3 Å². The minimum absolute atomic E-state index is 0.708. The molecule has 0 atom stereocenters. The third kappa shape index (κ3) is 3.71. The number of allylic oxidation sites excluding steroid dienone is 2. The van der Waals surface area contributed by atoms with Crippen LogP contribution in [0.5, 0.6) is 0 Å². The molecule has 0 saturated heterocycles. The molecule has 0 fully saturated rings. The molecule has 0 aromatic carbocycles. The van der Waals surface area contributed by atoms with E-state index >= 15 is 0 Å². The van der Waals surface area contributed by atoms with Gasteiger partial charge in [-0.05, 0) is 18.3 Å². The van der Waals surface area contributed by atoms with Crippen LogP contribution in [0.4, 0.5) is 0 Å². The highest BCUT2D eigenvalue weighted by atomic mass is 14.1. The fraction of sp³-hybridized carbons (Fsp3) is 0.700. The van der Waals surface area contributed by atoms with Gasteiger partial charge in [0.05, 0.1) is 0 Å². The molecule has 0 heterocycles. The smallest absolute Gasteiger partial charge is 0.00863 e. The summed E-state index contributed by atoms with van der Waals surface area (Å²) < 4.78 is 0. The van der Waals surface area contributed by atoms with Crippen molar-refractivity contribution in [2.24, 2.45) is 5.92 Å². The molecule has 0 aromatic heterocycles. The van der Waals surface area contributed by atoms with Gasteiger partial charge < -0.3 is 0 Å². The molecule has 0 heteroatoms. The average molecular weight is 139 g/mol. The Morgan fingerprint density at radius 3 is 1.90 bits per heavy atom. The summed E-state index contributed by atoms with van der Waals surface area (Å²) in [6.07, 6.45) is 3.48. The van der Waals surface area contributed by atoms with Crippen LogP contribution in [0.25, 0.3) is 0 Å². The maximum absolute atomic E-state index is 2.30. The molecule has 0 aliphatic heterocycles. The van der Waals surface area contributed by atoms with Gasteiger partial charge in [-0.3, -0.25) is 0 Å². The molecule has 10 heavy (non-hydrogen) atoms. The quantitative estimate of drug-likeness (QED) is 0.560. The topological polar surface area (TPSA) is 0 Å². The van der Waals surface area contributed by atoms with Crippen molar-refractivity contribution in [2.45, 2.75) is 41.0 Å². The lowest BCUT2D eigenvalue weighted by atomic mass is 9.97. The molecule has 0 aromatic rings. The zero-order valence-electron chi connectivity index (χ0n) is 7.86. The van der Waals surface area contributed by atoms with Gasteiger partial charge in [0, 0.05) is 0 Å². The lowest BCUT2D eigenvalue weighted by Gasteiger charge is -2.09. The second-order valence-corrected chi connectivity index (χ2v) is 3.30. The van der Waals surface area contributed by atoms with Gasteiger partial charge in [0.2, 0.25) is 0 Å². The van der Waals surface area contributed by atoms with Gasteiger partial charge in [0.15, 0.2) is 0 Å². The predicted octanol–water partition coefficient (Wildman–Crippen LogP) is 3.59. The summed E-state index contributed by atoms with van der Waals surface area (Å²) in [6.45, 7) is 11.0. The van der Waals surface area contributed by atoms with Crippen LogP contribution in [-0.4, -0.2) is 0 Å².